The molecular formula is H10AsN2O7W. The summed E-state index contributed by atoms with van der Waals surface area (Å²) in [6, 6.07) is 0. The van der Waals surface area contributed by atoms with Gasteiger partial charge >= 0.3 is 58.7 Å². The Labute approximate surface area is 71.2 Å². The van der Waals surface area contributed by atoms with E-state index in [1.54, 1.807) is 0 Å². The van der Waals surface area contributed by atoms with E-state index in [1.807, 2.05) is 0 Å². The van der Waals surface area contributed by atoms with Crippen molar-refractivity contribution in [3.63, 3.8) is 0 Å². The minimum atomic E-state index is -5.62. The topological polar surface area (TPSA) is 211 Å². The zero-order chi connectivity index (χ0) is 8.08. The monoisotopic (exact) mass is 409 g/mol. The van der Waals surface area contributed by atoms with Gasteiger partial charge in [0.05, 0.1) is 0 Å². The molecule has 0 rings (SSSR count). The third-order valence-corrected chi connectivity index (χ3v) is 0. The second-order valence-electron chi connectivity index (χ2n) is 0.686. The molecule has 0 aliphatic heterocycles. The Morgan fingerprint density at radius 1 is 1.18 bits per heavy atom. The summed E-state index contributed by atoms with van der Waals surface area (Å²) in [5.41, 5.74) is 0. The number of rotatable bonds is 0. The van der Waals surface area contributed by atoms with Gasteiger partial charge in [0, 0.05) is 0 Å². The number of hydrogen-bond donors (Lipinski definition) is 4. The van der Waals surface area contributed by atoms with Gasteiger partial charge in [-0.3, -0.25) is 0 Å². The van der Waals surface area contributed by atoms with Gasteiger partial charge in [0.1, 0.15) is 0 Å². The Balaban J connectivity index is -0.0000000383. The van der Waals surface area contributed by atoms with E-state index in [2.05, 4.69) is 0 Å². The summed E-state index contributed by atoms with van der Waals surface area (Å²) in [7, 11) is 0. The molecule has 0 unspecified atom stereocenters. The first-order valence-electron chi connectivity index (χ1n) is 1.26. The van der Waals surface area contributed by atoms with E-state index >= 15 is 0 Å². The van der Waals surface area contributed by atoms with Crippen LogP contribution in [0.1, 0.15) is 0 Å². The first kappa shape index (κ1) is 22.5. The van der Waals surface area contributed by atoms with Crippen LogP contribution in [0, 0.1) is 0 Å². The minimum absolute atomic E-state index is 0. The van der Waals surface area contributed by atoms with Gasteiger partial charge in [-0.1, -0.05) is 0 Å². The molecule has 11 heavy (non-hydrogen) atoms. The van der Waals surface area contributed by atoms with E-state index in [-0.39, 0.29) is 12.3 Å². The summed E-state index contributed by atoms with van der Waals surface area (Å²) in [4.78, 5) is 0. The van der Waals surface area contributed by atoms with Gasteiger partial charge in [-0.05, 0) is 0 Å². The molecule has 10 N–H and O–H groups in total. The molecule has 0 amide bonds. The Bertz CT molecular complexity index is 151. The van der Waals surface area contributed by atoms with Gasteiger partial charge < -0.3 is 12.3 Å². The van der Waals surface area contributed by atoms with Crippen molar-refractivity contribution in [2.45, 2.75) is 0 Å². The van der Waals surface area contributed by atoms with Crippen molar-refractivity contribution >= 4 is 14.5 Å². The summed E-state index contributed by atoms with van der Waals surface area (Å²) in [6.07, 6.45) is 0. The van der Waals surface area contributed by atoms with Crippen LogP contribution in [-0.4, -0.2) is 22.4 Å². The summed E-state index contributed by atoms with van der Waals surface area (Å²) < 4.78 is 57.8. The van der Waals surface area contributed by atoms with Crippen LogP contribution in [0.3, 0.4) is 0 Å². The Kier molecular flexibility index (Phi) is 21.3. The molecule has 11 heteroatoms. The van der Waals surface area contributed by atoms with Crippen LogP contribution in [0.4, 0.5) is 0 Å². The van der Waals surface area contributed by atoms with Gasteiger partial charge in [0.25, 0.3) is 0 Å². The van der Waals surface area contributed by atoms with Crippen LogP contribution in [0.25, 0.3) is 0 Å². The quantitative estimate of drug-likeness (QED) is 0.297. The predicted molar refractivity (Wildman–Crippen MR) is 24.2 cm³/mol. The zero-order valence-corrected chi connectivity index (χ0v) is 10.6. The summed E-state index contributed by atoms with van der Waals surface area (Å²) in [5.74, 6) is 0. The van der Waals surface area contributed by atoms with E-state index in [9.17, 15) is 0 Å². The van der Waals surface area contributed by atoms with Crippen LogP contribution < -0.4 is 20.5 Å². The van der Waals surface area contributed by atoms with Crippen LogP contribution in [-0.2, 0) is 28.2 Å². The van der Waals surface area contributed by atoms with Crippen molar-refractivity contribution in [1.29, 1.82) is 0 Å². The maximum absolute atomic E-state index is 8.72. The standard InChI is InChI=1S/AsH3O4.2H3N.H2O.2O.W/c2-1(3,4)5;;;;;;/h(H3,2,3,4,5);2*1H3;1H2;;;/q;;;;;;+1/p-1. The molecule has 0 bridgehead atoms. The molecule has 0 spiro atoms. The molecule has 0 aromatic rings. The molecule has 0 aromatic heterocycles. The molecule has 0 saturated carbocycles. The Morgan fingerprint density at radius 3 is 1.18 bits per heavy atom. The van der Waals surface area contributed by atoms with Crippen LogP contribution in [0.2, 0.25) is 0 Å². The fraction of sp³-hybridized carbons (Fsp3) is 0. The first-order valence-corrected chi connectivity index (χ1v) is 8.11. The van der Waals surface area contributed by atoms with E-state index in [0.29, 0.717) is 0 Å². The van der Waals surface area contributed by atoms with Gasteiger partial charge in [-0.15, -0.1) is 0 Å². The Morgan fingerprint density at radius 2 is 1.18 bits per heavy atom. The second kappa shape index (κ2) is 10.4. The number of quaternary nitrogens is 2. The Hall–Kier alpha value is 0.407. The van der Waals surface area contributed by atoms with Gasteiger partial charge in [-0.25, -0.2) is 0 Å². The second-order valence-corrected chi connectivity index (χ2v) is 4.21. The van der Waals surface area contributed by atoms with Crippen LogP contribution in [0.5, 0.6) is 0 Å². The molecule has 0 fully saturated rings. The molecular weight excluding hydrogens is 399 g/mol. The average Bonchev–Trinajstić information content (AvgIpc) is 1.19. The van der Waals surface area contributed by atoms with Crippen LogP contribution >= 0.6 is 0 Å². The van der Waals surface area contributed by atoms with Crippen molar-refractivity contribution < 1.29 is 44.2 Å². The summed E-state index contributed by atoms with van der Waals surface area (Å²) in [6.45, 7) is 0. The van der Waals surface area contributed by atoms with Crippen molar-refractivity contribution in [3.8, 4) is 0 Å². The number of hydrogen-bond acceptors (Lipinski definition) is 5. The summed E-state index contributed by atoms with van der Waals surface area (Å²) in [5, 5.41) is 0. The normalized spacial score (nSPS) is 7.64. The molecule has 0 saturated heterocycles. The van der Waals surface area contributed by atoms with Crippen molar-refractivity contribution in [2.75, 3.05) is 0 Å². The van der Waals surface area contributed by atoms with E-state index in [0.717, 1.165) is 0 Å². The third-order valence-electron chi connectivity index (χ3n) is 0. The SMILES string of the molecule is O=[As]([O-])([O-])O.[NH4+].[NH4+].[O]=[W](=[O])[OH]. The van der Waals surface area contributed by atoms with Gasteiger partial charge in [-0.2, -0.15) is 0 Å². The van der Waals surface area contributed by atoms with Gasteiger partial charge in [0.15, 0.2) is 0 Å². The summed E-state index contributed by atoms with van der Waals surface area (Å²) >= 11 is -9.65. The van der Waals surface area contributed by atoms with E-state index in [1.165, 1.54) is 0 Å². The van der Waals surface area contributed by atoms with Gasteiger partial charge in [0.2, 0.25) is 0 Å². The molecule has 73 valence electrons. The molecule has 0 atom stereocenters. The molecule has 0 aromatic carbocycles. The molecule has 0 aliphatic carbocycles. The van der Waals surface area contributed by atoms with Crippen LogP contribution in [0.15, 0.2) is 0 Å². The van der Waals surface area contributed by atoms with Crippen molar-refractivity contribution in [1.82, 2.24) is 12.3 Å². The fourth-order valence-electron chi connectivity index (χ4n) is 0. The molecule has 0 aliphatic rings. The maximum atomic E-state index is 8.72. The van der Waals surface area contributed by atoms with Crippen molar-refractivity contribution in [2.24, 2.45) is 0 Å². The fourth-order valence-corrected chi connectivity index (χ4v) is 0. The molecule has 9 nitrogen and oxygen atoms in total. The first-order chi connectivity index (χ1) is 3.73. The zero-order valence-electron chi connectivity index (χ0n) is 5.79. The molecule has 0 radical (unpaired) electrons. The van der Waals surface area contributed by atoms with E-state index in [4.69, 9.17) is 26.6 Å². The van der Waals surface area contributed by atoms with Crippen molar-refractivity contribution in [3.05, 3.63) is 0 Å². The third kappa shape index (κ3) is 4450. The molecule has 0 heterocycles. The predicted octanol–water partition coefficient (Wildman–Crippen LogP) is -3.48. The van der Waals surface area contributed by atoms with E-state index < -0.39 is 32.1 Å². The average molecular weight is 409 g/mol.